The van der Waals surface area contributed by atoms with Crippen molar-refractivity contribution in [1.82, 2.24) is 10.1 Å². The summed E-state index contributed by atoms with van der Waals surface area (Å²) in [5.41, 5.74) is 1.92. The minimum absolute atomic E-state index is 0.155. The van der Waals surface area contributed by atoms with E-state index in [0.29, 0.717) is 29.7 Å². The number of halogens is 1. The monoisotopic (exact) mass is 367 g/mol. The highest BCUT2D eigenvalue weighted by Gasteiger charge is 2.35. The highest BCUT2D eigenvalue weighted by atomic mass is 19.1. The van der Waals surface area contributed by atoms with Gasteiger partial charge in [0, 0.05) is 24.4 Å². The van der Waals surface area contributed by atoms with Crippen LogP contribution in [-0.4, -0.2) is 29.7 Å². The molecule has 7 heteroatoms. The van der Waals surface area contributed by atoms with E-state index in [2.05, 4.69) is 10.1 Å². The van der Waals surface area contributed by atoms with Gasteiger partial charge in [-0.2, -0.15) is 4.98 Å². The van der Waals surface area contributed by atoms with E-state index in [1.165, 1.54) is 11.0 Å². The van der Waals surface area contributed by atoms with E-state index in [9.17, 15) is 9.18 Å². The zero-order valence-electron chi connectivity index (χ0n) is 15.0. The van der Waals surface area contributed by atoms with Crippen LogP contribution in [-0.2, 0) is 4.79 Å². The van der Waals surface area contributed by atoms with Crippen molar-refractivity contribution in [2.75, 3.05) is 18.6 Å². The molecule has 0 spiro atoms. The van der Waals surface area contributed by atoms with E-state index in [0.717, 1.165) is 11.1 Å². The Morgan fingerprint density at radius 3 is 2.93 bits per heavy atom. The first-order valence-corrected chi connectivity index (χ1v) is 8.59. The van der Waals surface area contributed by atoms with Crippen molar-refractivity contribution in [1.29, 1.82) is 0 Å². The Morgan fingerprint density at radius 1 is 1.26 bits per heavy atom. The lowest BCUT2D eigenvalue weighted by atomic mass is 10.1. The Hall–Kier alpha value is -3.22. The minimum Gasteiger partial charge on any atom is -0.497 e. The number of rotatable bonds is 4. The second-order valence-corrected chi connectivity index (χ2v) is 6.55. The lowest BCUT2D eigenvalue weighted by Crippen LogP contribution is -2.25. The summed E-state index contributed by atoms with van der Waals surface area (Å²) in [6.07, 6.45) is 0.213. The van der Waals surface area contributed by atoms with E-state index < -0.39 is 5.82 Å². The van der Waals surface area contributed by atoms with Crippen LogP contribution in [0.15, 0.2) is 47.0 Å². The van der Waals surface area contributed by atoms with Crippen LogP contribution in [0.5, 0.6) is 5.75 Å². The molecular weight excluding hydrogens is 349 g/mol. The standard InChI is InChI=1S/C20H18FN3O3/c1-12-6-7-16(21)17(8-12)24-11-14(10-18(24)25)19-22-20(27-23-19)13-4-3-5-15(9-13)26-2/h3-9,14H,10-11H2,1-2H3. The number of hydrogen-bond acceptors (Lipinski definition) is 5. The maximum absolute atomic E-state index is 14.2. The highest BCUT2D eigenvalue weighted by molar-refractivity contribution is 5.96. The lowest BCUT2D eigenvalue weighted by molar-refractivity contribution is -0.117. The van der Waals surface area contributed by atoms with E-state index in [1.54, 1.807) is 25.3 Å². The molecule has 0 aliphatic carbocycles. The van der Waals surface area contributed by atoms with Gasteiger partial charge in [0.2, 0.25) is 5.91 Å². The molecular formula is C20H18FN3O3. The van der Waals surface area contributed by atoms with Crippen LogP contribution >= 0.6 is 0 Å². The summed E-state index contributed by atoms with van der Waals surface area (Å²) in [6.45, 7) is 2.18. The first kappa shape index (κ1) is 17.2. The van der Waals surface area contributed by atoms with Crippen molar-refractivity contribution in [3.63, 3.8) is 0 Å². The number of carbonyl (C=O) groups excluding carboxylic acids is 1. The minimum atomic E-state index is -0.417. The van der Waals surface area contributed by atoms with Crippen LogP contribution in [0.3, 0.4) is 0 Å². The number of anilines is 1. The Labute approximate surface area is 155 Å². The predicted octanol–water partition coefficient (Wildman–Crippen LogP) is 3.71. The first-order valence-electron chi connectivity index (χ1n) is 8.59. The smallest absolute Gasteiger partial charge is 0.258 e. The largest absolute Gasteiger partial charge is 0.497 e. The van der Waals surface area contributed by atoms with Gasteiger partial charge in [-0.15, -0.1) is 0 Å². The van der Waals surface area contributed by atoms with Crippen molar-refractivity contribution in [3.05, 3.63) is 59.7 Å². The first-order chi connectivity index (χ1) is 13.0. The molecule has 27 heavy (non-hydrogen) atoms. The summed E-state index contributed by atoms with van der Waals surface area (Å²) in [6, 6.07) is 12.0. The van der Waals surface area contributed by atoms with Crippen LogP contribution in [0.4, 0.5) is 10.1 Å². The molecule has 0 bridgehead atoms. The van der Waals surface area contributed by atoms with Gasteiger partial charge in [-0.25, -0.2) is 4.39 Å². The van der Waals surface area contributed by atoms with Crippen LogP contribution in [0.1, 0.15) is 23.7 Å². The summed E-state index contributed by atoms with van der Waals surface area (Å²) < 4.78 is 24.7. The zero-order valence-corrected chi connectivity index (χ0v) is 15.0. The Kier molecular flexibility index (Phi) is 4.35. The Morgan fingerprint density at radius 2 is 2.11 bits per heavy atom. The summed E-state index contributed by atoms with van der Waals surface area (Å²) in [7, 11) is 1.58. The van der Waals surface area contributed by atoms with Gasteiger partial charge in [-0.05, 0) is 42.8 Å². The second-order valence-electron chi connectivity index (χ2n) is 6.55. The molecule has 138 valence electrons. The third kappa shape index (κ3) is 3.28. The van der Waals surface area contributed by atoms with Gasteiger partial charge in [0.15, 0.2) is 5.82 Å². The van der Waals surface area contributed by atoms with Crippen molar-refractivity contribution < 1.29 is 18.4 Å². The van der Waals surface area contributed by atoms with E-state index in [1.807, 2.05) is 25.1 Å². The van der Waals surface area contributed by atoms with E-state index in [-0.39, 0.29) is 18.2 Å². The van der Waals surface area contributed by atoms with Gasteiger partial charge in [0.05, 0.1) is 12.8 Å². The maximum atomic E-state index is 14.2. The summed E-state index contributed by atoms with van der Waals surface area (Å²) in [5, 5.41) is 4.03. The fraction of sp³-hybridized carbons (Fsp3) is 0.250. The number of aromatic nitrogens is 2. The second kappa shape index (κ2) is 6.83. The normalized spacial score (nSPS) is 16.8. The fourth-order valence-electron chi connectivity index (χ4n) is 3.22. The molecule has 2 heterocycles. The van der Waals surface area contributed by atoms with Gasteiger partial charge in [-0.3, -0.25) is 4.79 Å². The van der Waals surface area contributed by atoms with Gasteiger partial charge < -0.3 is 14.2 Å². The average molecular weight is 367 g/mol. The molecule has 1 aliphatic rings. The van der Waals surface area contributed by atoms with Crippen LogP contribution in [0, 0.1) is 12.7 Å². The molecule has 1 aliphatic heterocycles. The number of amides is 1. The third-order valence-corrected chi connectivity index (χ3v) is 4.64. The molecule has 0 saturated carbocycles. The van der Waals surface area contributed by atoms with Crippen molar-refractivity contribution in [2.24, 2.45) is 0 Å². The SMILES string of the molecule is COc1cccc(-c2nc(C3CC(=O)N(c4cc(C)ccc4F)C3)no2)c1. The van der Waals surface area contributed by atoms with Crippen molar-refractivity contribution in [3.8, 4) is 17.2 Å². The summed E-state index contributed by atoms with van der Waals surface area (Å²) in [4.78, 5) is 18.3. The van der Waals surface area contributed by atoms with Crippen LogP contribution < -0.4 is 9.64 Å². The fourth-order valence-corrected chi connectivity index (χ4v) is 3.22. The van der Waals surface area contributed by atoms with Crippen molar-refractivity contribution in [2.45, 2.75) is 19.3 Å². The predicted molar refractivity (Wildman–Crippen MR) is 97.1 cm³/mol. The van der Waals surface area contributed by atoms with Crippen molar-refractivity contribution >= 4 is 11.6 Å². The zero-order chi connectivity index (χ0) is 19.0. The maximum Gasteiger partial charge on any atom is 0.258 e. The molecule has 3 aromatic rings. The molecule has 1 atom stereocenters. The molecule has 1 aromatic heterocycles. The number of nitrogens with zero attached hydrogens (tertiary/aromatic N) is 3. The number of ether oxygens (including phenoxy) is 1. The third-order valence-electron chi connectivity index (χ3n) is 4.64. The van der Waals surface area contributed by atoms with Gasteiger partial charge in [-0.1, -0.05) is 17.3 Å². The number of hydrogen-bond donors (Lipinski definition) is 0. The van der Waals surface area contributed by atoms with Gasteiger partial charge in [0.25, 0.3) is 5.89 Å². The highest BCUT2D eigenvalue weighted by Crippen LogP contribution is 2.33. The summed E-state index contributed by atoms with van der Waals surface area (Å²) >= 11 is 0. The Balaban J connectivity index is 1.58. The number of carbonyl (C=O) groups is 1. The summed E-state index contributed by atoms with van der Waals surface area (Å²) in [5.74, 6) is 0.662. The molecule has 0 radical (unpaired) electrons. The topological polar surface area (TPSA) is 68.5 Å². The molecule has 1 amide bonds. The molecule has 6 nitrogen and oxygen atoms in total. The van der Waals surface area contributed by atoms with E-state index >= 15 is 0 Å². The van der Waals surface area contributed by atoms with Gasteiger partial charge >= 0.3 is 0 Å². The Bertz CT molecular complexity index is 1000. The van der Waals surface area contributed by atoms with E-state index in [4.69, 9.17) is 9.26 Å². The van der Waals surface area contributed by atoms with Crippen LogP contribution in [0.25, 0.3) is 11.5 Å². The number of methoxy groups -OCH3 is 1. The quantitative estimate of drug-likeness (QED) is 0.703. The number of aryl methyl sites for hydroxylation is 1. The van der Waals surface area contributed by atoms with Gasteiger partial charge in [0.1, 0.15) is 11.6 Å². The molecule has 0 N–H and O–H groups in total. The molecule has 1 unspecified atom stereocenters. The van der Waals surface area contributed by atoms with Crippen LogP contribution in [0.2, 0.25) is 0 Å². The number of benzene rings is 2. The average Bonchev–Trinajstić information content (AvgIpc) is 3.31. The lowest BCUT2D eigenvalue weighted by Gasteiger charge is -2.17. The molecule has 4 rings (SSSR count). The molecule has 1 fully saturated rings. The molecule has 2 aromatic carbocycles. The molecule has 1 saturated heterocycles.